The Morgan fingerprint density at radius 1 is 1.36 bits per heavy atom. The molecule has 2 atom stereocenters. The highest BCUT2D eigenvalue weighted by molar-refractivity contribution is 5.85. The van der Waals surface area contributed by atoms with Crippen molar-refractivity contribution >= 4 is 5.91 Å². The first-order valence-electron chi connectivity index (χ1n) is 8.10. The van der Waals surface area contributed by atoms with Crippen LogP contribution < -0.4 is 10.9 Å². The lowest BCUT2D eigenvalue weighted by Crippen LogP contribution is -2.40. The first kappa shape index (κ1) is 16.5. The molecule has 1 fully saturated rings. The molecule has 1 aliphatic heterocycles. The Hall–Kier alpha value is -1.83. The lowest BCUT2D eigenvalue weighted by molar-refractivity contribution is -0.128. The molecule has 2 N–H and O–H groups in total. The van der Waals surface area contributed by atoms with Gasteiger partial charge in [-0.1, -0.05) is 50.3 Å². The van der Waals surface area contributed by atoms with Crippen LogP contribution >= 0.6 is 0 Å². The van der Waals surface area contributed by atoms with Crippen LogP contribution in [0.3, 0.4) is 0 Å². The van der Waals surface area contributed by atoms with Gasteiger partial charge in [-0.05, 0) is 43.7 Å². The van der Waals surface area contributed by atoms with Gasteiger partial charge in [-0.3, -0.25) is 10.2 Å². The molecule has 1 aromatic carbocycles. The van der Waals surface area contributed by atoms with Gasteiger partial charge in [0, 0.05) is 6.04 Å². The fraction of sp³-hybridized carbons (Fsp3) is 0.474. The maximum atomic E-state index is 12.6. The van der Waals surface area contributed by atoms with Crippen molar-refractivity contribution in [2.45, 2.75) is 52.0 Å². The molecular weight excluding hydrogens is 272 g/mol. The fourth-order valence-electron chi connectivity index (χ4n) is 3.13. The zero-order chi connectivity index (χ0) is 16.0. The summed E-state index contributed by atoms with van der Waals surface area (Å²) in [6, 6.07) is 10.3. The third-order valence-corrected chi connectivity index (χ3v) is 4.66. The van der Waals surface area contributed by atoms with Crippen LogP contribution in [0.1, 0.15) is 45.1 Å². The first-order chi connectivity index (χ1) is 10.6. The smallest absolute Gasteiger partial charge is 0.242 e. The standard InChI is InChI=1S/C19H26N2O/c1-4-6-10-16(5-2)13-19(15(3)20-21-18(19)22)14-17-11-8-7-9-12-17/h7-9,11-12,15,20H,2,4,6,10,13-14H2,1,3H3,(H,21,22). The molecule has 2 rings (SSSR count). The van der Waals surface area contributed by atoms with Crippen LogP contribution in [-0.2, 0) is 11.2 Å². The largest absolute Gasteiger partial charge is 0.291 e. The van der Waals surface area contributed by atoms with Crippen molar-refractivity contribution in [3.05, 3.63) is 53.8 Å². The number of hydrogen-bond donors (Lipinski definition) is 2. The second-order valence-corrected chi connectivity index (χ2v) is 6.20. The number of hydrazine groups is 1. The van der Waals surface area contributed by atoms with Crippen molar-refractivity contribution in [1.29, 1.82) is 0 Å². The molecular formula is C19H26N2O. The molecule has 3 heteroatoms. The molecule has 1 aliphatic rings. The van der Waals surface area contributed by atoms with E-state index in [4.69, 9.17) is 0 Å². The zero-order valence-corrected chi connectivity index (χ0v) is 13.6. The highest BCUT2D eigenvalue weighted by Crippen LogP contribution is 2.38. The number of hydrogen-bond acceptors (Lipinski definition) is 2. The number of nitrogens with one attached hydrogen (secondary N) is 2. The average molecular weight is 298 g/mol. The van der Waals surface area contributed by atoms with Crippen LogP contribution in [0.25, 0.3) is 0 Å². The summed E-state index contributed by atoms with van der Waals surface area (Å²) in [6.45, 7) is 8.07. The van der Waals surface area contributed by atoms with E-state index >= 15 is 0 Å². The monoisotopic (exact) mass is 298 g/mol. The molecule has 2 unspecified atom stereocenters. The molecule has 1 saturated heterocycles. The molecule has 1 aromatic rings. The minimum atomic E-state index is -0.463. The van der Waals surface area contributed by atoms with E-state index in [9.17, 15) is 4.79 Å². The molecule has 0 aliphatic carbocycles. The normalized spacial score (nSPS) is 23.9. The van der Waals surface area contributed by atoms with E-state index in [0.717, 1.165) is 31.3 Å². The quantitative estimate of drug-likeness (QED) is 0.756. The fourth-order valence-corrected chi connectivity index (χ4v) is 3.13. The number of carbonyl (C=O) groups is 1. The van der Waals surface area contributed by atoms with Gasteiger partial charge in [-0.15, -0.1) is 5.73 Å². The minimum Gasteiger partial charge on any atom is -0.291 e. The summed E-state index contributed by atoms with van der Waals surface area (Å²) in [5.41, 5.74) is 10.9. The Kier molecular flexibility index (Phi) is 5.59. The Balaban J connectivity index is 2.26. The number of rotatable bonds is 7. The topological polar surface area (TPSA) is 41.1 Å². The SMILES string of the molecule is C=C=C(CCCC)CC1(Cc2ccccc2)C(=O)NNC1C. The van der Waals surface area contributed by atoms with Gasteiger partial charge in [0.25, 0.3) is 0 Å². The lowest BCUT2D eigenvalue weighted by Gasteiger charge is -2.30. The van der Waals surface area contributed by atoms with Crippen LogP contribution in [0.15, 0.2) is 48.2 Å². The van der Waals surface area contributed by atoms with Crippen LogP contribution in [0, 0.1) is 5.41 Å². The summed E-state index contributed by atoms with van der Waals surface area (Å²) < 4.78 is 0. The molecule has 3 nitrogen and oxygen atoms in total. The van der Waals surface area contributed by atoms with Crippen molar-refractivity contribution < 1.29 is 4.79 Å². The Labute approximate surface area is 133 Å². The number of unbranched alkanes of at least 4 members (excludes halogenated alkanes) is 1. The number of carbonyl (C=O) groups excluding carboxylic acids is 1. The summed E-state index contributed by atoms with van der Waals surface area (Å²) in [4.78, 5) is 12.6. The zero-order valence-electron chi connectivity index (χ0n) is 13.6. The molecule has 1 amide bonds. The molecule has 0 saturated carbocycles. The summed E-state index contributed by atoms with van der Waals surface area (Å²) >= 11 is 0. The van der Waals surface area contributed by atoms with Crippen LogP contribution in [0.4, 0.5) is 0 Å². The van der Waals surface area contributed by atoms with Crippen molar-refractivity contribution in [2.75, 3.05) is 0 Å². The van der Waals surface area contributed by atoms with E-state index < -0.39 is 5.41 Å². The predicted molar refractivity (Wildman–Crippen MR) is 90.1 cm³/mol. The van der Waals surface area contributed by atoms with Gasteiger partial charge in [0.2, 0.25) is 5.91 Å². The van der Waals surface area contributed by atoms with Crippen LogP contribution in [0.5, 0.6) is 0 Å². The molecule has 1 heterocycles. The third-order valence-electron chi connectivity index (χ3n) is 4.66. The van der Waals surface area contributed by atoms with Crippen molar-refractivity contribution in [3.63, 3.8) is 0 Å². The summed E-state index contributed by atoms with van der Waals surface area (Å²) in [6.07, 6.45) is 4.66. The first-order valence-corrected chi connectivity index (χ1v) is 8.10. The van der Waals surface area contributed by atoms with Crippen LogP contribution in [-0.4, -0.2) is 11.9 Å². The van der Waals surface area contributed by atoms with Gasteiger partial charge < -0.3 is 0 Å². The summed E-state index contributed by atoms with van der Waals surface area (Å²) in [5.74, 6) is 0.0769. The number of benzene rings is 1. The maximum Gasteiger partial charge on any atom is 0.242 e. The van der Waals surface area contributed by atoms with Crippen LogP contribution in [0.2, 0.25) is 0 Å². The van der Waals surface area contributed by atoms with E-state index in [2.05, 4.69) is 49.1 Å². The summed E-state index contributed by atoms with van der Waals surface area (Å²) in [7, 11) is 0. The molecule has 0 radical (unpaired) electrons. The average Bonchev–Trinajstić information content (AvgIpc) is 2.81. The molecule has 0 spiro atoms. The highest BCUT2D eigenvalue weighted by Gasteiger charge is 2.48. The van der Waals surface area contributed by atoms with E-state index in [1.165, 1.54) is 5.56 Å². The number of amides is 1. The van der Waals surface area contributed by atoms with Crippen molar-refractivity contribution in [1.82, 2.24) is 10.9 Å². The van der Waals surface area contributed by atoms with E-state index in [1.807, 2.05) is 18.2 Å². The molecule has 22 heavy (non-hydrogen) atoms. The van der Waals surface area contributed by atoms with Gasteiger partial charge >= 0.3 is 0 Å². The Bertz CT molecular complexity index is 560. The minimum absolute atomic E-state index is 0.0742. The van der Waals surface area contributed by atoms with E-state index in [0.29, 0.717) is 6.42 Å². The predicted octanol–water partition coefficient (Wildman–Crippen LogP) is 3.53. The Morgan fingerprint density at radius 3 is 2.64 bits per heavy atom. The van der Waals surface area contributed by atoms with Crippen molar-refractivity contribution in [3.8, 4) is 0 Å². The van der Waals surface area contributed by atoms with E-state index in [1.54, 1.807) is 0 Å². The summed E-state index contributed by atoms with van der Waals surface area (Å²) in [5, 5.41) is 0. The second kappa shape index (κ2) is 7.44. The van der Waals surface area contributed by atoms with Gasteiger partial charge in [-0.25, -0.2) is 5.43 Å². The Morgan fingerprint density at radius 2 is 2.09 bits per heavy atom. The van der Waals surface area contributed by atoms with E-state index in [-0.39, 0.29) is 11.9 Å². The molecule has 0 aromatic heterocycles. The maximum absolute atomic E-state index is 12.6. The second-order valence-electron chi connectivity index (χ2n) is 6.20. The van der Waals surface area contributed by atoms with Gasteiger partial charge in [0.05, 0.1) is 5.41 Å². The van der Waals surface area contributed by atoms with Gasteiger partial charge in [0.15, 0.2) is 0 Å². The highest BCUT2D eigenvalue weighted by atomic mass is 16.2. The third kappa shape index (κ3) is 3.49. The molecule has 118 valence electrons. The van der Waals surface area contributed by atoms with Crippen molar-refractivity contribution in [2.24, 2.45) is 5.41 Å². The van der Waals surface area contributed by atoms with Gasteiger partial charge in [0.1, 0.15) is 0 Å². The van der Waals surface area contributed by atoms with Gasteiger partial charge in [-0.2, -0.15) is 0 Å². The number of allylic oxidation sites excluding steroid dienone is 1. The lowest BCUT2D eigenvalue weighted by atomic mass is 9.71. The molecule has 0 bridgehead atoms.